The third-order valence-corrected chi connectivity index (χ3v) is 4.67. The smallest absolute Gasteiger partial charge is 0.408 e. The molecule has 0 aliphatic carbocycles. The van der Waals surface area contributed by atoms with Gasteiger partial charge in [-0.3, -0.25) is 9.59 Å². The second-order valence-corrected chi connectivity index (χ2v) is 9.59. The first-order valence-corrected chi connectivity index (χ1v) is 11.6. The van der Waals surface area contributed by atoms with Crippen LogP contribution in [-0.4, -0.2) is 36.1 Å². The zero-order chi connectivity index (χ0) is 25.7. The molecule has 0 radical (unpaired) electrons. The van der Waals surface area contributed by atoms with Crippen molar-refractivity contribution in [2.75, 3.05) is 6.54 Å². The van der Waals surface area contributed by atoms with Crippen molar-refractivity contribution in [3.8, 4) is 6.07 Å². The Morgan fingerprint density at radius 3 is 2.29 bits per heavy atom. The van der Waals surface area contributed by atoms with Crippen LogP contribution < -0.4 is 16.0 Å². The largest absolute Gasteiger partial charge is 0.444 e. The Hall–Kier alpha value is -3.34. The van der Waals surface area contributed by atoms with Gasteiger partial charge in [0.15, 0.2) is 0 Å². The Bertz CT molecular complexity index is 893. The van der Waals surface area contributed by atoms with Crippen molar-refractivity contribution in [2.24, 2.45) is 5.92 Å². The van der Waals surface area contributed by atoms with Gasteiger partial charge in [-0.1, -0.05) is 49.8 Å². The van der Waals surface area contributed by atoms with Crippen molar-refractivity contribution in [1.29, 1.82) is 5.26 Å². The maximum absolute atomic E-state index is 12.8. The fourth-order valence-corrected chi connectivity index (χ4v) is 3.00. The minimum atomic E-state index is -0.772. The summed E-state index contributed by atoms with van der Waals surface area (Å²) in [7, 11) is 0. The second-order valence-electron chi connectivity index (χ2n) is 9.59. The van der Waals surface area contributed by atoms with Crippen LogP contribution in [0.1, 0.15) is 65.0 Å². The number of allylic oxidation sites excluding steroid dienone is 1. The summed E-state index contributed by atoms with van der Waals surface area (Å²) in [6, 6.07) is 8.97. The van der Waals surface area contributed by atoms with Gasteiger partial charge in [0.2, 0.25) is 5.91 Å². The first kappa shape index (κ1) is 28.7. The van der Waals surface area contributed by atoms with Gasteiger partial charge < -0.3 is 20.7 Å². The molecule has 186 valence electrons. The molecule has 8 heteroatoms. The van der Waals surface area contributed by atoms with Gasteiger partial charge in [-0.05, 0) is 58.4 Å². The van der Waals surface area contributed by atoms with E-state index in [0.29, 0.717) is 32.4 Å². The van der Waals surface area contributed by atoms with Gasteiger partial charge in [-0.2, -0.15) is 5.26 Å². The number of amides is 3. The van der Waals surface area contributed by atoms with Crippen molar-refractivity contribution >= 4 is 17.9 Å². The van der Waals surface area contributed by atoms with E-state index in [1.807, 2.05) is 51.1 Å². The van der Waals surface area contributed by atoms with Crippen molar-refractivity contribution in [2.45, 2.75) is 79.0 Å². The van der Waals surface area contributed by atoms with Crippen molar-refractivity contribution in [3.63, 3.8) is 0 Å². The summed E-state index contributed by atoms with van der Waals surface area (Å²) in [5.41, 5.74) is 1.50. The number of nitrogens with zero attached hydrogens (tertiary/aromatic N) is 1. The van der Waals surface area contributed by atoms with E-state index in [0.717, 1.165) is 11.1 Å². The first-order valence-electron chi connectivity index (χ1n) is 11.6. The average Bonchev–Trinajstić information content (AvgIpc) is 2.74. The van der Waals surface area contributed by atoms with Crippen LogP contribution in [0.3, 0.4) is 0 Å². The zero-order valence-corrected chi connectivity index (χ0v) is 21.2. The molecular weight excluding hydrogens is 432 g/mol. The standard InChI is InChI=1S/C26H38N4O4/c1-18(2)15-21(16-27)23(31)28-14-8-7-9-22(30-25(33)34-26(4,5)6)24(32)29-17-20-12-10-19(3)11-13-20/h10-13,15,18,22H,7-9,14,17H2,1-6H3,(H,28,31)(H,29,32)(H,30,33)/t22-/m0/s1. The summed E-state index contributed by atoms with van der Waals surface area (Å²) >= 11 is 0. The lowest BCUT2D eigenvalue weighted by Crippen LogP contribution is -2.48. The third-order valence-electron chi connectivity index (χ3n) is 4.67. The summed E-state index contributed by atoms with van der Waals surface area (Å²) in [6.07, 6.45) is 2.50. The van der Waals surface area contributed by atoms with Crippen molar-refractivity contribution in [3.05, 3.63) is 47.0 Å². The first-order chi connectivity index (χ1) is 15.9. The second kappa shape index (κ2) is 14.0. The Kier molecular flexibility index (Phi) is 11.8. The molecule has 34 heavy (non-hydrogen) atoms. The predicted octanol–water partition coefficient (Wildman–Crippen LogP) is 3.90. The van der Waals surface area contributed by atoms with Gasteiger partial charge in [0.25, 0.3) is 5.91 Å². The molecule has 0 spiro atoms. The summed E-state index contributed by atoms with van der Waals surface area (Å²) in [4.78, 5) is 37.1. The highest BCUT2D eigenvalue weighted by Crippen LogP contribution is 2.09. The normalized spacial score (nSPS) is 12.5. The van der Waals surface area contributed by atoms with Crippen LogP contribution in [0.15, 0.2) is 35.9 Å². The van der Waals surface area contributed by atoms with E-state index >= 15 is 0 Å². The van der Waals surface area contributed by atoms with Gasteiger partial charge in [-0.15, -0.1) is 0 Å². The van der Waals surface area contributed by atoms with Crippen LogP contribution in [0, 0.1) is 24.2 Å². The number of unbranched alkanes of at least 4 members (excludes halogenated alkanes) is 1. The number of alkyl carbamates (subject to hydrolysis) is 1. The molecule has 0 unspecified atom stereocenters. The predicted molar refractivity (Wildman–Crippen MR) is 132 cm³/mol. The van der Waals surface area contributed by atoms with Gasteiger partial charge in [0, 0.05) is 13.1 Å². The molecule has 3 amide bonds. The molecule has 0 saturated heterocycles. The molecule has 0 fully saturated rings. The SMILES string of the molecule is Cc1ccc(CNC(=O)[C@H](CCCCNC(=O)C(C#N)=CC(C)C)NC(=O)OC(C)(C)C)cc1. The Balaban J connectivity index is 2.63. The van der Waals surface area contributed by atoms with Gasteiger partial charge >= 0.3 is 6.09 Å². The number of rotatable bonds is 11. The maximum Gasteiger partial charge on any atom is 0.408 e. The van der Waals surface area contributed by atoms with Crippen molar-refractivity contribution in [1.82, 2.24) is 16.0 Å². The minimum absolute atomic E-state index is 0.0925. The zero-order valence-electron chi connectivity index (χ0n) is 21.2. The number of aryl methyl sites for hydroxylation is 1. The van der Waals surface area contributed by atoms with Crippen LogP contribution in [0.4, 0.5) is 4.79 Å². The molecular formula is C26H38N4O4. The van der Waals surface area contributed by atoms with E-state index in [9.17, 15) is 14.4 Å². The lowest BCUT2D eigenvalue weighted by Gasteiger charge is -2.23. The number of carbonyl (C=O) groups is 3. The molecule has 1 aromatic carbocycles. The number of hydrogen-bond acceptors (Lipinski definition) is 5. The van der Waals surface area contributed by atoms with Crippen LogP contribution in [0.5, 0.6) is 0 Å². The molecule has 8 nitrogen and oxygen atoms in total. The average molecular weight is 471 g/mol. The fourth-order valence-electron chi connectivity index (χ4n) is 3.00. The van der Waals surface area contributed by atoms with Gasteiger partial charge in [0.1, 0.15) is 23.3 Å². The number of ether oxygens (including phenoxy) is 1. The minimum Gasteiger partial charge on any atom is -0.444 e. The Morgan fingerprint density at radius 2 is 1.74 bits per heavy atom. The molecule has 1 rings (SSSR count). The molecule has 0 heterocycles. The number of benzene rings is 1. The molecule has 0 aliphatic rings. The maximum atomic E-state index is 12.8. The highest BCUT2D eigenvalue weighted by molar-refractivity contribution is 5.97. The van der Waals surface area contributed by atoms with Gasteiger partial charge in [0.05, 0.1) is 0 Å². The number of carbonyl (C=O) groups excluding carboxylic acids is 3. The van der Waals surface area contributed by atoms with Crippen LogP contribution in [-0.2, 0) is 20.9 Å². The number of nitrogens with one attached hydrogen (secondary N) is 3. The quantitative estimate of drug-likeness (QED) is 0.257. The summed E-state index contributed by atoms with van der Waals surface area (Å²) in [6.45, 7) is 11.8. The molecule has 0 aromatic heterocycles. The molecule has 0 aliphatic heterocycles. The van der Waals surface area contributed by atoms with E-state index in [2.05, 4.69) is 16.0 Å². The van der Waals surface area contributed by atoms with Crippen LogP contribution in [0.25, 0.3) is 0 Å². The van der Waals surface area contributed by atoms with Gasteiger partial charge in [-0.25, -0.2) is 4.79 Å². The fraction of sp³-hybridized carbons (Fsp3) is 0.538. The van der Waals surface area contributed by atoms with Crippen LogP contribution >= 0.6 is 0 Å². The molecule has 0 saturated carbocycles. The van der Waals surface area contributed by atoms with E-state index in [1.165, 1.54) is 0 Å². The number of hydrogen-bond donors (Lipinski definition) is 3. The summed E-state index contributed by atoms with van der Waals surface area (Å²) in [5, 5.41) is 17.4. The molecule has 1 atom stereocenters. The lowest BCUT2D eigenvalue weighted by atomic mass is 10.1. The third kappa shape index (κ3) is 12.0. The van der Waals surface area contributed by atoms with Crippen LogP contribution in [0.2, 0.25) is 0 Å². The molecule has 3 N–H and O–H groups in total. The Labute approximate surface area is 203 Å². The topological polar surface area (TPSA) is 120 Å². The Morgan fingerprint density at radius 1 is 1.09 bits per heavy atom. The van der Waals surface area contributed by atoms with E-state index in [4.69, 9.17) is 10.00 Å². The molecule has 0 bridgehead atoms. The monoisotopic (exact) mass is 470 g/mol. The lowest BCUT2D eigenvalue weighted by molar-refractivity contribution is -0.123. The summed E-state index contributed by atoms with van der Waals surface area (Å²) in [5.74, 6) is -0.615. The number of nitriles is 1. The van der Waals surface area contributed by atoms with E-state index < -0.39 is 23.6 Å². The van der Waals surface area contributed by atoms with E-state index in [-0.39, 0.29) is 17.4 Å². The van der Waals surface area contributed by atoms with E-state index in [1.54, 1.807) is 26.8 Å². The highest BCUT2D eigenvalue weighted by atomic mass is 16.6. The van der Waals surface area contributed by atoms with Crippen molar-refractivity contribution < 1.29 is 19.1 Å². The molecule has 1 aromatic rings. The summed E-state index contributed by atoms with van der Waals surface area (Å²) < 4.78 is 5.30. The highest BCUT2D eigenvalue weighted by Gasteiger charge is 2.24.